The Hall–Kier alpha value is -2.21. The molecule has 2 aromatic rings. The van der Waals surface area contributed by atoms with Crippen LogP contribution in [0.5, 0.6) is 17.2 Å². The first-order valence-electron chi connectivity index (χ1n) is 7.36. The fourth-order valence-electron chi connectivity index (χ4n) is 2.10. The zero-order valence-electron chi connectivity index (χ0n) is 14.1. The Morgan fingerprint density at radius 1 is 1.04 bits per heavy atom. The number of hydrogen-bond donors (Lipinski definition) is 1. The van der Waals surface area contributed by atoms with E-state index in [1.807, 2.05) is 32.0 Å². The molecule has 0 saturated heterocycles. The molecular formula is C18H20BrNO4. The van der Waals surface area contributed by atoms with Crippen molar-refractivity contribution in [3.8, 4) is 17.2 Å². The number of carbonyl (C=O) groups is 1. The molecule has 0 spiro atoms. The minimum atomic E-state index is -0.282. The predicted molar refractivity (Wildman–Crippen MR) is 97.3 cm³/mol. The summed E-state index contributed by atoms with van der Waals surface area (Å²) in [6.45, 7) is 3.93. The van der Waals surface area contributed by atoms with Crippen LogP contribution >= 0.6 is 15.9 Å². The molecule has 2 aromatic carbocycles. The maximum Gasteiger partial charge on any atom is 0.262 e. The Morgan fingerprint density at radius 3 is 2.38 bits per heavy atom. The lowest BCUT2D eigenvalue weighted by molar-refractivity contribution is -0.118. The number of halogens is 1. The van der Waals surface area contributed by atoms with Gasteiger partial charge in [-0.3, -0.25) is 4.79 Å². The van der Waals surface area contributed by atoms with Crippen LogP contribution in [0.15, 0.2) is 34.8 Å². The molecule has 0 aromatic heterocycles. The van der Waals surface area contributed by atoms with Crippen molar-refractivity contribution in [1.82, 2.24) is 0 Å². The van der Waals surface area contributed by atoms with E-state index in [-0.39, 0.29) is 12.5 Å². The van der Waals surface area contributed by atoms with Crippen molar-refractivity contribution < 1.29 is 19.0 Å². The van der Waals surface area contributed by atoms with Crippen LogP contribution in [-0.4, -0.2) is 26.7 Å². The third-order valence-electron chi connectivity index (χ3n) is 3.60. The van der Waals surface area contributed by atoms with E-state index in [0.717, 1.165) is 10.0 Å². The SMILES string of the molecule is COc1cc(NC(=O)COc2ccc(C)c(C)c2)c(OC)cc1Br. The molecule has 1 amide bonds. The van der Waals surface area contributed by atoms with Gasteiger partial charge in [0.1, 0.15) is 17.2 Å². The smallest absolute Gasteiger partial charge is 0.262 e. The molecule has 2 rings (SSSR count). The molecule has 0 atom stereocenters. The summed E-state index contributed by atoms with van der Waals surface area (Å²) in [5, 5.41) is 2.77. The van der Waals surface area contributed by atoms with Crippen molar-refractivity contribution in [3.05, 3.63) is 45.9 Å². The second kappa shape index (κ2) is 8.06. The summed E-state index contributed by atoms with van der Waals surface area (Å²) in [5.74, 6) is 1.51. The van der Waals surface area contributed by atoms with Crippen molar-refractivity contribution in [1.29, 1.82) is 0 Å². The minimum Gasteiger partial charge on any atom is -0.495 e. The molecule has 5 nitrogen and oxygen atoms in total. The predicted octanol–water partition coefficient (Wildman–Crippen LogP) is 4.10. The van der Waals surface area contributed by atoms with Crippen molar-refractivity contribution >= 4 is 27.5 Å². The van der Waals surface area contributed by atoms with E-state index >= 15 is 0 Å². The average Bonchev–Trinajstić information content (AvgIpc) is 2.57. The van der Waals surface area contributed by atoms with E-state index in [0.29, 0.717) is 22.9 Å². The largest absolute Gasteiger partial charge is 0.495 e. The number of rotatable bonds is 6. The Bertz CT molecular complexity index is 746. The van der Waals surface area contributed by atoms with Gasteiger partial charge in [-0.15, -0.1) is 0 Å². The first kappa shape index (κ1) is 18.1. The third-order valence-corrected chi connectivity index (χ3v) is 4.22. The number of aryl methyl sites for hydroxylation is 2. The topological polar surface area (TPSA) is 56.8 Å². The van der Waals surface area contributed by atoms with Crippen LogP contribution in [-0.2, 0) is 4.79 Å². The van der Waals surface area contributed by atoms with Crippen molar-refractivity contribution in [2.75, 3.05) is 26.1 Å². The highest BCUT2D eigenvalue weighted by atomic mass is 79.9. The van der Waals surface area contributed by atoms with E-state index in [1.54, 1.807) is 19.2 Å². The Morgan fingerprint density at radius 2 is 1.75 bits per heavy atom. The maximum absolute atomic E-state index is 12.1. The summed E-state index contributed by atoms with van der Waals surface area (Å²) in [6.07, 6.45) is 0. The average molecular weight is 394 g/mol. The van der Waals surface area contributed by atoms with Crippen molar-refractivity contribution in [3.63, 3.8) is 0 Å². The Labute approximate surface area is 150 Å². The van der Waals surface area contributed by atoms with Crippen LogP contribution in [0.25, 0.3) is 0 Å². The van der Waals surface area contributed by atoms with Crippen LogP contribution in [0.4, 0.5) is 5.69 Å². The van der Waals surface area contributed by atoms with Gasteiger partial charge in [0.15, 0.2) is 6.61 Å². The summed E-state index contributed by atoms with van der Waals surface area (Å²) < 4.78 is 16.8. The van der Waals surface area contributed by atoms with Gasteiger partial charge in [-0.05, 0) is 53.0 Å². The third kappa shape index (κ3) is 4.41. The molecule has 1 N–H and O–H groups in total. The number of ether oxygens (including phenoxy) is 3. The van der Waals surface area contributed by atoms with Crippen molar-refractivity contribution in [2.24, 2.45) is 0 Å². The second-order valence-electron chi connectivity index (χ2n) is 5.27. The fourth-order valence-corrected chi connectivity index (χ4v) is 2.58. The molecule has 128 valence electrons. The van der Waals surface area contributed by atoms with Crippen LogP contribution < -0.4 is 19.5 Å². The number of anilines is 1. The van der Waals surface area contributed by atoms with Gasteiger partial charge in [-0.2, -0.15) is 0 Å². The molecule has 0 aliphatic carbocycles. The number of hydrogen-bond acceptors (Lipinski definition) is 4. The molecular weight excluding hydrogens is 374 g/mol. The zero-order chi connectivity index (χ0) is 17.7. The quantitative estimate of drug-likeness (QED) is 0.802. The van der Waals surface area contributed by atoms with E-state index in [2.05, 4.69) is 21.2 Å². The molecule has 0 radical (unpaired) electrons. The lowest BCUT2D eigenvalue weighted by Crippen LogP contribution is -2.20. The standard InChI is InChI=1S/C18H20BrNO4/c1-11-5-6-13(7-12(11)2)24-10-18(21)20-15-9-16(22-3)14(19)8-17(15)23-4/h5-9H,10H2,1-4H3,(H,20,21). The molecule has 0 aliphatic rings. The van der Waals surface area contributed by atoms with E-state index in [9.17, 15) is 4.79 Å². The van der Waals surface area contributed by atoms with Crippen LogP contribution in [0.3, 0.4) is 0 Å². The number of amides is 1. The Balaban J connectivity index is 2.05. The van der Waals surface area contributed by atoms with Gasteiger partial charge >= 0.3 is 0 Å². The van der Waals surface area contributed by atoms with Gasteiger partial charge in [0.05, 0.1) is 24.4 Å². The normalized spacial score (nSPS) is 10.2. The number of benzene rings is 2. The molecule has 6 heteroatoms. The number of methoxy groups -OCH3 is 2. The second-order valence-corrected chi connectivity index (χ2v) is 6.12. The van der Waals surface area contributed by atoms with Gasteiger partial charge in [0.25, 0.3) is 5.91 Å². The van der Waals surface area contributed by atoms with E-state index in [4.69, 9.17) is 14.2 Å². The van der Waals surface area contributed by atoms with E-state index < -0.39 is 0 Å². The van der Waals surface area contributed by atoms with Crippen LogP contribution in [0.1, 0.15) is 11.1 Å². The molecule has 0 aliphatic heterocycles. The van der Waals surface area contributed by atoms with Crippen LogP contribution in [0.2, 0.25) is 0 Å². The van der Waals surface area contributed by atoms with Gasteiger partial charge in [-0.25, -0.2) is 0 Å². The van der Waals surface area contributed by atoms with Gasteiger partial charge in [-0.1, -0.05) is 6.07 Å². The van der Waals surface area contributed by atoms with E-state index in [1.165, 1.54) is 12.7 Å². The van der Waals surface area contributed by atoms with Crippen LogP contribution in [0, 0.1) is 13.8 Å². The van der Waals surface area contributed by atoms with Gasteiger partial charge in [0.2, 0.25) is 0 Å². The zero-order valence-corrected chi connectivity index (χ0v) is 15.7. The number of carbonyl (C=O) groups excluding carboxylic acids is 1. The summed E-state index contributed by atoms with van der Waals surface area (Å²) in [7, 11) is 3.09. The van der Waals surface area contributed by atoms with Gasteiger partial charge in [0, 0.05) is 12.1 Å². The summed E-state index contributed by atoms with van der Waals surface area (Å²) in [4.78, 5) is 12.1. The fraction of sp³-hybridized carbons (Fsp3) is 0.278. The molecule has 0 heterocycles. The Kier molecular flexibility index (Phi) is 6.09. The summed E-state index contributed by atoms with van der Waals surface area (Å²) >= 11 is 3.38. The lowest BCUT2D eigenvalue weighted by Gasteiger charge is -2.14. The molecule has 0 unspecified atom stereocenters. The highest BCUT2D eigenvalue weighted by Gasteiger charge is 2.13. The summed E-state index contributed by atoms with van der Waals surface area (Å²) in [5.41, 5.74) is 2.82. The monoisotopic (exact) mass is 393 g/mol. The highest BCUT2D eigenvalue weighted by molar-refractivity contribution is 9.10. The summed E-state index contributed by atoms with van der Waals surface area (Å²) in [6, 6.07) is 9.14. The number of nitrogens with one attached hydrogen (secondary N) is 1. The highest BCUT2D eigenvalue weighted by Crippen LogP contribution is 2.36. The first-order chi connectivity index (χ1) is 11.4. The lowest BCUT2D eigenvalue weighted by atomic mass is 10.1. The van der Waals surface area contributed by atoms with Gasteiger partial charge < -0.3 is 19.5 Å². The first-order valence-corrected chi connectivity index (χ1v) is 8.15. The molecule has 0 saturated carbocycles. The minimum absolute atomic E-state index is 0.0932. The maximum atomic E-state index is 12.1. The van der Waals surface area contributed by atoms with Crippen molar-refractivity contribution in [2.45, 2.75) is 13.8 Å². The molecule has 24 heavy (non-hydrogen) atoms. The molecule has 0 fully saturated rings. The molecule has 0 bridgehead atoms.